The van der Waals surface area contributed by atoms with Gasteiger partial charge in [-0.1, -0.05) is 6.07 Å². The van der Waals surface area contributed by atoms with Crippen molar-refractivity contribution in [2.45, 2.75) is 25.7 Å². The third-order valence-corrected chi connectivity index (χ3v) is 4.48. The number of hydrogen-bond donors (Lipinski definition) is 1. The van der Waals surface area contributed by atoms with Crippen molar-refractivity contribution in [3.63, 3.8) is 0 Å². The molecular weight excluding hydrogens is 274 g/mol. The normalized spacial score (nSPS) is 18.5. The number of fused-ring (bicyclic) bond motifs is 4. The van der Waals surface area contributed by atoms with E-state index >= 15 is 0 Å². The van der Waals surface area contributed by atoms with Crippen molar-refractivity contribution in [1.82, 2.24) is 4.57 Å². The van der Waals surface area contributed by atoms with Gasteiger partial charge in [0.25, 0.3) is 0 Å². The first-order valence-electron chi connectivity index (χ1n) is 7.61. The van der Waals surface area contributed by atoms with E-state index in [0.29, 0.717) is 5.56 Å². The lowest BCUT2D eigenvalue weighted by Gasteiger charge is -2.19. The van der Waals surface area contributed by atoms with Crippen LogP contribution < -0.4 is 5.73 Å². The van der Waals surface area contributed by atoms with E-state index in [0.717, 1.165) is 23.7 Å². The van der Waals surface area contributed by atoms with Gasteiger partial charge in [-0.3, -0.25) is 9.79 Å². The number of nitrogens with two attached hydrogens (primary N) is 1. The van der Waals surface area contributed by atoms with Gasteiger partial charge in [-0.15, -0.1) is 0 Å². The number of hydrogen-bond acceptors (Lipinski definition) is 2. The van der Waals surface area contributed by atoms with Crippen molar-refractivity contribution in [3.8, 4) is 0 Å². The second-order valence-electron chi connectivity index (χ2n) is 5.82. The molecule has 4 heteroatoms. The summed E-state index contributed by atoms with van der Waals surface area (Å²) in [5.74, 6) is -0.400. The smallest absolute Gasteiger partial charge is 0.248 e. The number of benzene rings is 1. The Labute approximate surface area is 128 Å². The van der Waals surface area contributed by atoms with Gasteiger partial charge in [0, 0.05) is 35.3 Å². The van der Waals surface area contributed by atoms with Gasteiger partial charge in [-0.2, -0.15) is 0 Å². The predicted molar refractivity (Wildman–Crippen MR) is 89.7 cm³/mol. The fraction of sp³-hybridized carbons (Fsp3) is 0.222. The molecule has 0 atom stereocenters. The lowest BCUT2D eigenvalue weighted by Crippen LogP contribution is -2.10. The number of carbonyl (C=O) groups is 1. The molecule has 1 aromatic heterocycles. The second kappa shape index (κ2) is 4.98. The van der Waals surface area contributed by atoms with Crippen LogP contribution in [0.25, 0.3) is 22.7 Å². The molecule has 1 aliphatic carbocycles. The van der Waals surface area contributed by atoms with E-state index in [9.17, 15) is 4.79 Å². The molecule has 4 rings (SSSR count). The molecule has 2 N–H and O–H groups in total. The molecule has 0 unspecified atom stereocenters. The highest BCUT2D eigenvalue weighted by molar-refractivity contribution is 6.00. The Bertz CT molecular complexity index is 868. The fourth-order valence-electron chi connectivity index (χ4n) is 3.37. The van der Waals surface area contributed by atoms with Crippen LogP contribution in [-0.4, -0.2) is 16.7 Å². The molecule has 0 saturated carbocycles. The van der Waals surface area contributed by atoms with Crippen molar-refractivity contribution < 1.29 is 4.79 Å². The van der Waals surface area contributed by atoms with Gasteiger partial charge >= 0.3 is 0 Å². The lowest BCUT2D eigenvalue weighted by molar-refractivity contribution is 0.100. The zero-order valence-electron chi connectivity index (χ0n) is 12.2. The van der Waals surface area contributed by atoms with E-state index in [-0.39, 0.29) is 0 Å². The number of allylic oxidation sites excluding steroid dienone is 2. The zero-order valence-corrected chi connectivity index (χ0v) is 12.2. The van der Waals surface area contributed by atoms with E-state index in [1.807, 2.05) is 24.5 Å². The Hall–Kier alpha value is -2.62. The summed E-state index contributed by atoms with van der Waals surface area (Å²) in [5.41, 5.74) is 10.8. The first-order chi connectivity index (χ1) is 10.7. The minimum absolute atomic E-state index is 0.400. The summed E-state index contributed by atoms with van der Waals surface area (Å²) in [4.78, 5) is 15.8. The molecule has 1 amide bonds. The topological polar surface area (TPSA) is 60.4 Å². The quantitative estimate of drug-likeness (QED) is 0.857. The number of primary amides is 1. The maximum absolute atomic E-state index is 11.4. The molecule has 2 heterocycles. The molecule has 0 radical (unpaired) electrons. The Morgan fingerprint density at radius 2 is 2.05 bits per heavy atom. The van der Waals surface area contributed by atoms with Crippen LogP contribution in [0.15, 0.2) is 41.0 Å². The first-order valence-corrected chi connectivity index (χ1v) is 7.61. The minimum atomic E-state index is -0.400. The third kappa shape index (κ3) is 1.99. The molecule has 1 aromatic carbocycles. The van der Waals surface area contributed by atoms with Crippen molar-refractivity contribution in [2.75, 3.05) is 0 Å². The van der Waals surface area contributed by atoms with Crippen molar-refractivity contribution in [1.29, 1.82) is 0 Å². The molecule has 1 aliphatic heterocycles. The van der Waals surface area contributed by atoms with Crippen LogP contribution in [0.2, 0.25) is 0 Å². The number of rotatable bonds is 1. The number of carbonyl (C=O) groups excluding carboxylic acids is 1. The number of nitrogens with zero attached hydrogens (tertiary/aromatic N) is 2. The number of amides is 1. The van der Waals surface area contributed by atoms with Gasteiger partial charge in [0.15, 0.2) is 0 Å². The molecule has 0 saturated heterocycles. The van der Waals surface area contributed by atoms with E-state index in [1.165, 1.54) is 29.7 Å². The maximum atomic E-state index is 11.4. The third-order valence-electron chi connectivity index (χ3n) is 4.48. The highest BCUT2D eigenvalue weighted by Gasteiger charge is 2.19. The van der Waals surface area contributed by atoms with Crippen molar-refractivity contribution in [2.24, 2.45) is 10.7 Å². The molecule has 110 valence electrons. The Balaban J connectivity index is 2.00. The standard InChI is InChI=1S/C18H17N3O/c19-18(22)13-6-5-12-9-17-15-4-2-1-3-14(15)11-20-7-8-21(17)16(12)10-13/h5-11H,1-4H2,(H2,19,22)/b8-7-,20-11?. The highest BCUT2D eigenvalue weighted by atomic mass is 16.1. The second-order valence-corrected chi connectivity index (χ2v) is 5.82. The molecule has 0 fully saturated rings. The van der Waals surface area contributed by atoms with Gasteiger partial charge in [0.1, 0.15) is 0 Å². The summed E-state index contributed by atoms with van der Waals surface area (Å²) >= 11 is 0. The Morgan fingerprint density at radius 1 is 1.18 bits per heavy atom. The summed E-state index contributed by atoms with van der Waals surface area (Å²) in [6.07, 6.45) is 10.3. The van der Waals surface area contributed by atoms with Crippen LogP contribution in [0.1, 0.15) is 41.7 Å². The maximum Gasteiger partial charge on any atom is 0.248 e. The number of aromatic nitrogens is 1. The SMILES string of the molecule is NC(=O)c1ccc2cc3n(c2c1)/C=C\N=CC1=C3CCCC1. The van der Waals surface area contributed by atoms with Crippen LogP contribution in [0.4, 0.5) is 0 Å². The average Bonchev–Trinajstić information content (AvgIpc) is 2.86. The van der Waals surface area contributed by atoms with Crippen LogP contribution in [0.5, 0.6) is 0 Å². The summed E-state index contributed by atoms with van der Waals surface area (Å²) in [6, 6.07) is 7.81. The summed E-state index contributed by atoms with van der Waals surface area (Å²) in [7, 11) is 0. The molecule has 2 aromatic rings. The molecule has 4 nitrogen and oxygen atoms in total. The molecule has 0 bridgehead atoms. The van der Waals surface area contributed by atoms with Crippen LogP contribution in [0.3, 0.4) is 0 Å². The molecule has 0 spiro atoms. The Kier molecular flexibility index (Phi) is 2.96. The van der Waals surface area contributed by atoms with E-state index in [2.05, 4.69) is 15.6 Å². The fourth-order valence-corrected chi connectivity index (χ4v) is 3.37. The molecule has 2 aliphatic rings. The number of aliphatic imine (C=N–C) groups is 1. The largest absolute Gasteiger partial charge is 0.366 e. The lowest BCUT2D eigenvalue weighted by atomic mass is 9.90. The van der Waals surface area contributed by atoms with Crippen LogP contribution in [-0.2, 0) is 0 Å². The molecular formula is C18H17N3O. The van der Waals surface area contributed by atoms with E-state index in [4.69, 9.17) is 5.73 Å². The Morgan fingerprint density at radius 3 is 2.91 bits per heavy atom. The minimum Gasteiger partial charge on any atom is -0.366 e. The molecule has 22 heavy (non-hydrogen) atoms. The van der Waals surface area contributed by atoms with Gasteiger partial charge < -0.3 is 10.3 Å². The highest BCUT2D eigenvalue weighted by Crippen LogP contribution is 2.35. The zero-order chi connectivity index (χ0) is 15.1. The van der Waals surface area contributed by atoms with E-state index < -0.39 is 5.91 Å². The summed E-state index contributed by atoms with van der Waals surface area (Å²) < 4.78 is 2.12. The van der Waals surface area contributed by atoms with Crippen LogP contribution >= 0.6 is 0 Å². The van der Waals surface area contributed by atoms with Gasteiger partial charge in [0.2, 0.25) is 5.91 Å². The predicted octanol–water partition coefficient (Wildman–Crippen LogP) is 3.58. The van der Waals surface area contributed by atoms with Gasteiger partial charge in [0.05, 0.1) is 5.52 Å². The summed E-state index contributed by atoms with van der Waals surface area (Å²) in [6.45, 7) is 0. The van der Waals surface area contributed by atoms with Gasteiger partial charge in [-0.25, -0.2) is 0 Å². The van der Waals surface area contributed by atoms with Crippen molar-refractivity contribution in [3.05, 3.63) is 47.3 Å². The summed E-state index contributed by atoms with van der Waals surface area (Å²) in [5, 5.41) is 1.11. The van der Waals surface area contributed by atoms with Crippen molar-refractivity contribution >= 4 is 34.8 Å². The average molecular weight is 291 g/mol. The monoisotopic (exact) mass is 291 g/mol. The van der Waals surface area contributed by atoms with E-state index in [1.54, 1.807) is 12.3 Å². The van der Waals surface area contributed by atoms with Gasteiger partial charge in [-0.05, 0) is 55.0 Å². The van der Waals surface area contributed by atoms with Crippen LogP contribution in [0, 0.1) is 0 Å². The first kappa shape index (κ1) is 13.1.